The van der Waals surface area contributed by atoms with Crippen LogP contribution < -0.4 is 5.32 Å². The van der Waals surface area contributed by atoms with E-state index in [0.29, 0.717) is 0 Å². The van der Waals surface area contributed by atoms with Crippen molar-refractivity contribution in [2.24, 2.45) is 0 Å². The van der Waals surface area contributed by atoms with Crippen molar-refractivity contribution in [3.05, 3.63) is 21.3 Å². The highest BCUT2D eigenvalue weighted by Gasteiger charge is 2.09. The third-order valence-corrected chi connectivity index (χ3v) is 3.12. The highest BCUT2D eigenvalue weighted by Crippen LogP contribution is 2.30. The number of aliphatic hydroxyl groups is 1. The van der Waals surface area contributed by atoms with Crippen molar-refractivity contribution < 1.29 is 5.11 Å². The second-order valence-electron chi connectivity index (χ2n) is 2.91. The smallest absolute Gasteiger partial charge is 0.0663 e. The molecule has 78 valence electrons. The van der Waals surface area contributed by atoms with Crippen LogP contribution in [0.25, 0.3) is 0 Å². The standard InChI is InChI=1S/C9H12Br2N2O/c1-2-6(5-14)13-9-7(10)3-12-4-8(9)11/h3-4,6,14H,2,5H2,1H3,(H,12,13)/t6-/m0/s1. The molecule has 3 nitrogen and oxygen atoms in total. The van der Waals surface area contributed by atoms with E-state index in [9.17, 15) is 0 Å². The Kier molecular flexibility index (Phi) is 4.84. The lowest BCUT2D eigenvalue weighted by atomic mass is 10.2. The number of nitrogens with one attached hydrogen (secondary N) is 1. The molecule has 0 amide bonds. The summed E-state index contributed by atoms with van der Waals surface area (Å²) in [5.41, 5.74) is 0.931. The Hall–Kier alpha value is -0.130. The van der Waals surface area contributed by atoms with Gasteiger partial charge in [0.2, 0.25) is 0 Å². The van der Waals surface area contributed by atoms with Crippen LogP contribution in [0.1, 0.15) is 13.3 Å². The van der Waals surface area contributed by atoms with Gasteiger partial charge in [-0.05, 0) is 38.3 Å². The fourth-order valence-corrected chi connectivity index (χ4v) is 2.19. The second kappa shape index (κ2) is 5.68. The summed E-state index contributed by atoms with van der Waals surface area (Å²) in [6.45, 7) is 2.15. The van der Waals surface area contributed by atoms with Crippen LogP contribution in [0.2, 0.25) is 0 Å². The first-order chi connectivity index (χ1) is 6.69. The number of hydrogen-bond donors (Lipinski definition) is 2. The predicted octanol–water partition coefficient (Wildman–Crippen LogP) is 2.79. The average molecular weight is 324 g/mol. The van der Waals surface area contributed by atoms with Crippen molar-refractivity contribution in [1.82, 2.24) is 4.98 Å². The number of rotatable bonds is 4. The molecule has 0 aliphatic rings. The Morgan fingerprint density at radius 1 is 1.43 bits per heavy atom. The van der Waals surface area contributed by atoms with Crippen molar-refractivity contribution in [2.45, 2.75) is 19.4 Å². The fourth-order valence-electron chi connectivity index (χ4n) is 1.03. The van der Waals surface area contributed by atoms with E-state index in [-0.39, 0.29) is 12.6 Å². The summed E-state index contributed by atoms with van der Waals surface area (Å²) in [7, 11) is 0. The van der Waals surface area contributed by atoms with E-state index in [2.05, 4.69) is 42.2 Å². The van der Waals surface area contributed by atoms with E-state index in [1.165, 1.54) is 0 Å². The molecule has 14 heavy (non-hydrogen) atoms. The first-order valence-electron chi connectivity index (χ1n) is 4.35. The fraction of sp³-hybridized carbons (Fsp3) is 0.444. The van der Waals surface area contributed by atoms with Crippen molar-refractivity contribution in [3.8, 4) is 0 Å². The zero-order valence-corrected chi connectivity index (χ0v) is 11.0. The van der Waals surface area contributed by atoms with Crippen LogP contribution in [-0.2, 0) is 0 Å². The molecule has 0 aliphatic carbocycles. The Morgan fingerprint density at radius 2 is 2.00 bits per heavy atom. The van der Waals surface area contributed by atoms with Gasteiger partial charge in [0.1, 0.15) is 0 Å². The third kappa shape index (κ3) is 2.93. The number of halogens is 2. The number of pyridine rings is 1. The number of aromatic nitrogens is 1. The van der Waals surface area contributed by atoms with Gasteiger partial charge in [-0.25, -0.2) is 0 Å². The molecule has 0 radical (unpaired) electrons. The van der Waals surface area contributed by atoms with E-state index in [1.807, 2.05) is 6.92 Å². The van der Waals surface area contributed by atoms with Crippen molar-refractivity contribution >= 4 is 37.5 Å². The topological polar surface area (TPSA) is 45.1 Å². The summed E-state index contributed by atoms with van der Waals surface area (Å²) in [5, 5.41) is 12.3. The number of hydrogen-bond acceptors (Lipinski definition) is 3. The predicted molar refractivity (Wildman–Crippen MR) is 64.4 cm³/mol. The van der Waals surface area contributed by atoms with Gasteiger partial charge in [-0.1, -0.05) is 6.92 Å². The van der Waals surface area contributed by atoms with E-state index < -0.39 is 0 Å². The van der Waals surface area contributed by atoms with E-state index in [4.69, 9.17) is 5.11 Å². The van der Waals surface area contributed by atoms with Crippen molar-refractivity contribution in [1.29, 1.82) is 0 Å². The number of nitrogens with zero attached hydrogens (tertiary/aromatic N) is 1. The summed E-state index contributed by atoms with van der Waals surface area (Å²) in [5.74, 6) is 0. The molecular formula is C9H12Br2N2O. The molecule has 0 bridgehead atoms. The molecule has 2 N–H and O–H groups in total. The van der Waals surface area contributed by atoms with Gasteiger partial charge < -0.3 is 10.4 Å². The largest absolute Gasteiger partial charge is 0.394 e. The van der Waals surface area contributed by atoms with Crippen molar-refractivity contribution in [2.75, 3.05) is 11.9 Å². The molecule has 0 spiro atoms. The van der Waals surface area contributed by atoms with Crippen LogP contribution in [0.4, 0.5) is 5.69 Å². The average Bonchev–Trinajstić information content (AvgIpc) is 2.18. The minimum absolute atomic E-state index is 0.0741. The molecule has 0 aromatic carbocycles. The van der Waals surface area contributed by atoms with Gasteiger partial charge in [0.15, 0.2) is 0 Å². The molecule has 1 aromatic heterocycles. The molecule has 0 fully saturated rings. The van der Waals surface area contributed by atoms with Gasteiger partial charge in [-0.2, -0.15) is 0 Å². The molecule has 1 atom stereocenters. The summed E-state index contributed by atoms with van der Waals surface area (Å²) in [6, 6.07) is 0.0741. The zero-order chi connectivity index (χ0) is 10.6. The quantitative estimate of drug-likeness (QED) is 0.895. The molecule has 1 heterocycles. The SMILES string of the molecule is CC[C@@H](CO)Nc1c(Br)cncc1Br. The van der Waals surface area contributed by atoms with E-state index >= 15 is 0 Å². The Labute approximate surface area is 100 Å². The Balaban J connectivity index is 2.84. The minimum Gasteiger partial charge on any atom is -0.394 e. The minimum atomic E-state index is 0.0741. The molecule has 0 aliphatic heterocycles. The molecule has 5 heteroatoms. The van der Waals surface area contributed by atoms with Crippen LogP contribution >= 0.6 is 31.9 Å². The Bertz CT molecular complexity index is 283. The molecule has 0 saturated carbocycles. The maximum absolute atomic E-state index is 9.06. The number of aliphatic hydroxyl groups excluding tert-OH is 1. The van der Waals surface area contributed by atoms with E-state index in [0.717, 1.165) is 21.1 Å². The molecule has 1 rings (SSSR count). The van der Waals surface area contributed by atoms with E-state index in [1.54, 1.807) is 12.4 Å². The lowest BCUT2D eigenvalue weighted by molar-refractivity contribution is 0.272. The maximum Gasteiger partial charge on any atom is 0.0663 e. The van der Waals surface area contributed by atoms with Gasteiger partial charge in [-0.3, -0.25) is 4.98 Å². The highest BCUT2D eigenvalue weighted by atomic mass is 79.9. The third-order valence-electron chi connectivity index (χ3n) is 1.92. The zero-order valence-electron chi connectivity index (χ0n) is 7.80. The maximum atomic E-state index is 9.06. The van der Waals surface area contributed by atoms with Crippen LogP contribution in [0.5, 0.6) is 0 Å². The lowest BCUT2D eigenvalue weighted by Crippen LogP contribution is -2.23. The van der Waals surface area contributed by atoms with Gasteiger partial charge in [-0.15, -0.1) is 0 Å². The summed E-state index contributed by atoms with van der Waals surface area (Å²) >= 11 is 6.79. The normalized spacial score (nSPS) is 12.6. The summed E-state index contributed by atoms with van der Waals surface area (Å²) in [6.07, 6.45) is 4.31. The van der Waals surface area contributed by atoms with Gasteiger partial charge in [0.05, 0.1) is 21.2 Å². The second-order valence-corrected chi connectivity index (χ2v) is 4.62. The first-order valence-corrected chi connectivity index (χ1v) is 5.94. The van der Waals surface area contributed by atoms with Gasteiger partial charge in [0, 0.05) is 18.4 Å². The van der Waals surface area contributed by atoms with Crippen LogP contribution in [-0.4, -0.2) is 22.7 Å². The van der Waals surface area contributed by atoms with Gasteiger partial charge in [0.25, 0.3) is 0 Å². The molecule has 1 aromatic rings. The summed E-state index contributed by atoms with van der Waals surface area (Å²) < 4.78 is 1.78. The highest BCUT2D eigenvalue weighted by molar-refractivity contribution is 9.11. The summed E-state index contributed by atoms with van der Waals surface area (Å²) in [4.78, 5) is 4.01. The number of anilines is 1. The van der Waals surface area contributed by atoms with Crippen LogP contribution in [0.3, 0.4) is 0 Å². The molecule has 0 saturated heterocycles. The first kappa shape index (κ1) is 11.9. The van der Waals surface area contributed by atoms with Crippen LogP contribution in [0, 0.1) is 0 Å². The van der Waals surface area contributed by atoms with Crippen LogP contribution in [0.15, 0.2) is 21.3 Å². The van der Waals surface area contributed by atoms with Gasteiger partial charge >= 0.3 is 0 Å². The monoisotopic (exact) mass is 322 g/mol. The molecular weight excluding hydrogens is 312 g/mol. The van der Waals surface area contributed by atoms with Crippen molar-refractivity contribution in [3.63, 3.8) is 0 Å². The lowest BCUT2D eigenvalue weighted by Gasteiger charge is -2.17. The molecule has 0 unspecified atom stereocenters. The Morgan fingerprint density at radius 3 is 2.43 bits per heavy atom.